The van der Waals surface area contributed by atoms with Crippen molar-refractivity contribution in [1.82, 2.24) is 29.5 Å². The maximum absolute atomic E-state index is 13.7. The molecule has 0 spiro atoms. The van der Waals surface area contributed by atoms with Gasteiger partial charge in [0, 0.05) is 49.7 Å². The van der Waals surface area contributed by atoms with Crippen LogP contribution >= 0.6 is 0 Å². The molecule has 9 nitrogen and oxygen atoms in total. The molecule has 1 aliphatic carbocycles. The molecule has 1 aromatic carbocycles. The molecule has 1 saturated carbocycles. The van der Waals surface area contributed by atoms with Crippen LogP contribution in [0.15, 0.2) is 53.2 Å². The highest BCUT2D eigenvalue weighted by Gasteiger charge is 2.36. The summed E-state index contributed by atoms with van der Waals surface area (Å²) in [6.07, 6.45) is 7.54. The van der Waals surface area contributed by atoms with Crippen LogP contribution in [-0.4, -0.2) is 80.9 Å². The molecule has 2 aliphatic heterocycles. The van der Waals surface area contributed by atoms with Gasteiger partial charge in [-0.1, -0.05) is 18.2 Å². The van der Waals surface area contributed by atoms with E-state index in [4.69, 9.17) is 14.1 Å². The zero-order valence-electron chi connectivity index (χ0n) is 20.8. The number of hydrogen-bond acceptors (Lipinski definition) is 7. The number of amides is 1. The number of furan rings is 1. The molecule has 3 aromatic heterocycles. The summed E-state index contributed by atoms with van der Waals surface area (Å²) < 4.78 is 13.3. The summed E-state index contributed by atoms with van der Waals surface area (Å²) in [5.74, 6) is 1.53. The summed E-state index contributed by atoms with van der Waals surface area (Å²) >= 11 is 0. The van der Waals surface area contributed by atoms with Gasteiger partial charge in [-0.05, 0) is 43.9 Å². The fourth-order valence-electron chi connectivity index (χ4n) is 5.67. The van der Waals surface area contributed by atoms with Gasteiger partial charge in [0.05, 0.1) is 30.7 Å². The third kappa shape index (κ3) is 4.32. The Balaban J connectivity index is 1.14. The van der Waals surface area contributed by atoms with Crippen molar-refractivity contribution in [2.45, 2.75) is 37.6 Å². The SMILES string of the molecule is O=C(c1cnn(-c2nccc(-c3cc4ccccc4o3)n2)c1C1CC1)N1CCC(N2CCOCC2)CC1. The third-order valence-electron chi connectivity index (χ3n) is 7.82. The fraction of sp³-hybridized carbons (Fsp3) is 0.429. The van der Waals surface area contributed by atoms with Crippen LogP contribution in [0.4, 0.5) is 0 Å². The van der Waals surface area contributed by atoms with E-state index in [-0.39, 0.29) is 5.91 Å². The number of likely N-dealkylation sites (tertiary alicyclic amines) is 1. The van der Waals surface area contributed by atoms with E-state index in [9.17, 15) is 4.79 Å². The normalized spacial score (nSPS) is 19.5. The van der Waals surface area contributed by atoms with E-state index in [1.54, 1.807) is 17.1 Å². The van der Waals surface area contributed by atoms with Crippen LogP contribution in [0.3, 0.4) is 0 Å². The first kappa shape index (κ1) is 22.6. The quantitative estimate of drug-likeness (QED) is 0.412. The van der Waals surface area contributed by atoms with Crippen molar-refractivity contribution in [1.29, 1.82) is 0 Å². The highest BCUT2D eigenvalue weighted by atomic mass is 16.5. The van der Waals surface area contributed by atoms with E-state index in [2.05, 4.69) is 15.0 Å². The van der Waals surface area contributed by atoms with Crippen LogP contribution < -0.4 is 0 Å². The van der Waals surface area contributed by atoms with Crippen molar-refractivity contribution in [2.75, 3.05) is 39.4 Å². The first-order valence-corrected chi connectivity index (χ1v) is 13.3. The Labute approximate surface area is 215 Å². The number of ether oxygens (including phenoxy) is 1. The molecule has 190 valence electrons. The smallest absolute Gasteiger partial charge is 0.257 e. The summed E-state index contributed by atoms with van der Waals surface area (Å²) in [5, 5.41) is 5.65. The standard InChI is InChI=1S/C28H30N6O3/c35-27(33-11-8-21(9-12-33)32-13-15-36-16-14-32)22-18-30-34(26(22)19-5-6-19)28-29-10-7-23(31-28)25-17-20-3-1-2-4-24(20)37-25/h1-4,7,10,17-19,21H,5-6,8-9,11-16H2. The van der Waals surface area contributed by atoms with Gasteiger partial charge in [-0.15, -0.1) is 0 Å². The number of piperidine rings is 1. The average molecular weight is 499 g/mol. The lowest BCUT2D eigenvalue weighted by Crippen LogP contribution is -2.50. The Hall–Kier alpha value is -3.56. The number of nitrogens with zero attached hydrogens (tertiary/aromatic N) is 6. The van der Waals surface area contributed by atoms with E-state index in [0.717, 1.165) is 81.7 Å². The molecular formula is C28H30N6O3. The van der Waals surface area contributed by atoms with E-state index in [0.29, 0.717) is 34.9 Å². The molecule has 4 aromatic rings. The predicted octanol–water partition coefficient (Wildman–Crippen LogP) is 3.89. The molecule has 5 heterocycles. The zero-order valence-corrected chi connectivity index (χ0v) is 20.8. The van der Waals surface area contributed by atoms with Gasteiger partial charge in [0.2, 0.25) is 0 Å². The van der Waals surface area contributed by atoms with Gasteiger partial charge in [0.25, 0.3) is 11.9 Å². The van der Waals surface area contributed by atoms with Crippen LogP contribution in [0.5, 0.6) is 0 Å². The second-order valence-electron chi connectivity index (χ2n) is 10.2. The number of fused-ring (bicyclic) bond motifs is 1. The van der Waals surface area contributed by atoms with Crippen molar-refractivity contribution >= 4 is 16.9 Å². The molecule has 37 heavy (non-hydrogen) atoms. The largest absolute Gasteiger partial charge is 0.454 e. The average Bonchev–Trinajstić information content (AvgIpc) is 3.54. The number of benzene rings is 1. The summed E-state index contributed by atoms with van der Waals surface area (Å²) in [7, 11) is 0. The van der Waals surface area contributed by atoms with Crippen LogP contribution in [0, 0.1) is 0 Å². The first-order chi connectivity index (χ1) is 18.2. The zero-order chi connectivity index (χ0) is 24.8. The van der Waals surface area contributed by atoms with Crippen molar-refractivity contribution < 1.29 is 13.9 Å². The molecule has 3 aliphatic rings. The number of morpholine rings is 1. The molecule has 0 unspecified atom stereocenters. The van der Waals surface area contributed by atoms with Crippen LogP contribution in [0.2, 0.25) is 0 Å². The molecule has 0 atom stereocenters. The van der Waals surface area contributed by atoms with Gasteiger partial charge in [-0.2, -0.15) is 5.10 Å². The minimum Gasteiger partial charge on any atom is -0.454 e. The Kier molecular flexibility index (Phi) is 5.74. The number of rotatable bonds is 5. The fourth-order valence-corrected chi connectivity index (χ4v) is 5.67. The van der Waals surface area contributed by atoms with Gasteiger partial charge in [0.15, 0.2) is 5.76 Å². The van der Waals surface area contributed by atoms with Crippen molar-refractivity contribution in [2.24, 2.45) is 0 Å². The molecule has 7 rings (SSSR count). The monoisotopic (exact) mass is 498 g/mol. The lowest BCUT2D eigenvalue weighted by molar-refractivity contribution is 0.00157. The summed E-state index contributed by atoms with van der Waals surface area (Å²) in [6, 6.07) is 12.3. The van der Waals surface area contributed by atoms with E-state index < -0.39 is 0 Å². The van der Waals surface area contributed by atoms with Crippen LogP contribution in [-0.2, 0) is 4.74 Å². The molecule has 0 N–H and O–H groups in total. The maximum Gasteiger partial charge on any atom is 0.257 e. The topological polar surface area (TPSA) is 89.5 Å². The number of aromatic nitrogens is 4. The van der Waals surface area contributed by atoms with Crippen molar-refractivity contribution in [3.05, 3.63) is 60.0 Å². The highest BCUT2D eigenvalue weighted by Crippen LogP contribution is 2.42. The van der Waals surface area contributed by atoms with Crippen molar-refractivity contribution in [3.63, 3.8) is 0 Å². The van der Waals surface area contributed by atoms with Crippen LogP contribution in [0.25, 0.3) is 28.4 Å². The molecular weight excluding hydrogens is 468 g/mol. The van der Waals surface area contributed by atoms with E-state index in [1.807, 2.05) is 41.3 Å². The van der Waals surface area contributed by atoms with Gasteiger partial charge >= 0.3 is 0 Å². The number of para-hydroxylation sites is 1. The Bertz CT molecular complexity index is 1390. The predicted molar refractivity (Wildman–Crippen MR) is 138 cm³/mol. The van der Waals surface area contributed by atoms with Crippen molar-refractivity contribution in [3.8, 4) is 17.4 Å². The second-order valence-corrected chi connectivity index (χ2v) is 10.2. The minimum absolute atomic E-state index is 0.0713. The Morgan fingerprint density at radius 3 is 2.57 bits per heavy atom. The molecule has 3 fully saturated rings. The highest BCUT2D eigenvalue weighted by molar-refractivity contribution is 5.95. The first-order valence-electron chi connectivity index (χ1n) is 13.3. The van der Waals surface area contributed by atoms with E-state index >= 15 is 0 Å². The summed E-state index contributed by atoms with van der Waals surface area (Å²) in [5.41, 5.74) is 3.13. The van der Waals surface area contributed by atoms with Gasteiger partial charge in [-0.3, -0.25) is 9.69 Å². The lowest BCUT2D eigenvalue weighted by atomic mass is 10.0. The summed E-state index contributed by atoms with van der Waals surface area (Å²) in [4.78, 5) is 27.5. The Morgan fingerprint density at radius 2 is 1.78 bits per heavy atom. The number of carbonyl (C=O) groups excluding carboxylic acids is 1. The second kappa shape index (κ2) is 9.39. The lowest BCUT2D eigenvalue weighted by Gasteiger charge is -2.40. The van der Waals surface area contributed by atoms with Gasteiger partial charge < -0.3 is 14.1 Å². The van der Waals surface area contributed by atoms with E-state index in [1.165, 1.54) is 0 Å². The molecule has 0 radical (unpaired) electrons. The molecule has 9 heteroatoms. The molecule has 2 saturated heterocycles. The molecule has 1 amide bonds. The minimum atomic E-state index is 0.0713. The summed E-state index contributed by atoms with van der Waals surface area (Å²) in [6.45, 7) is 5.14. The maximum atomic E-state index is 13.7. The Morgan fingerprint density at radius 1 is 0.973 bits per heavy atom. The number of hydrogen-bond donors (Lipinski definition) is 0. The third-order valence-corrected chi connectivity index (χ3v) is 7.82. The number of carbonyl (C=O) groups is 1. The molecule has 0 bridgehead atoms. The van der Waals surface area contributed by atoms with Gasteiger partial charge in [0.1, 0.15) is 11.3 Å². The van der Waals surface area contributed by atoms with Crippen LogP contribution in [0.1, 0.15) is 47.7 Å². The van der Waals surface area contributed by atoms with Gasteiger partial charge in [-0.25, -0.2) is 14.6 Å².